The van der Waals surface area contributed by atoms with E-state index in [1.165, 1.54) is 22.7 Å². The van der Waals surface area contributed by atoms with Gasteiger partial charge in [-0.25, -0.2) is 0 Å². The molecule has 0 saturated carbocycles. The van der Waals surface area contributed by atoms with Crippen LogP contribution < -0.4 is 15.4 Å². The van der Waals surface area contributed by atoms with E-state index in [-0.39, 0.29) is 36.1 Å². The van der Waals surface area contributed by atoms with E-state index < -0.39 is 34.7 Å². The SMILES string of the molecule is COc1cccc(CNC(=O)[C@H]2N(C(=O)[C@@H](O)[C@H](Cc3ccccc3)NC(=O)c3cccc(O)c3C)CSC2(C)C)c1. The number of hydrogen-bond acceptors (Lipinski definition) is 7. The monoisotopic (exact) mass is 591 g/mol. The van der Waals surface area contributed by atoms with Crippen molar-refractivity contribution in [2.24, 2.45) is 0 Å². The molecule has 0 bridgehead atoms. The van der Waals surface area contributed by atoms with E-state index in [9.17, 15) is 24.6 Å². The van der Waals surface area contributed by atoms with Crippen molar-refractivity contribution >= 4 is 29.5 Å². The molecule has 222 valence electrons. The Bertz CT molecular complexity index is 1430. The summed E-state index contributed by atoms with van der Waals surface area (Å²) in [4.78, 5) is 42.0. The van der Waals surface area contributed by atoms with Gasteiger partial charge in [0, 0.05) is 22.4 Å². The fourth-order valence-electron chi connectivity index (χ4n) is 5.05. The van der Waals surface area contributed by atoms with Gasteiger partial charge >= 0.3 is 0 Å². The lowest BCUT2D eigenvalue weighted by Gasteiger charge is -2.33. The van der Waals surface area contributed by atoms with Crippen LogP contribution in [0.1, 0.15) is 40.9 Å². The maximum atomic E-state index is 13.9. The first kappa shape index (κ1) is 30.9. The number of nitrogens with zero attached hydrogens (tertiary/aromatic N) is 1. The zero-order valence-corrected chi connectivity index (χ0v) is 25.0. The van der Waals surface area contributed by atoms with Crippen molar-refractivity contribution in [1.82, 2.24) is 15.5 Å². The minimum Gasteiger partial charge on any atom is -0.508 e. The Hall–Kier alpha value is -4.02. The highest BCUT2D eigenvalue weighted by molar-refractivity contribution is 8.00. The summed E-state index contributed by atoms with van der Waals surface area (Å²) in [6.45, 7) is 5.64. The van der Waals surface area contributed by atoms with Crippen LogP contribution in [0.3, 0.4) is 0 Å². The summed E-state index contributed by atoms with van der Waals surface area (Å²) in [5, 5.41) is 27.3. The van der Waals surface area contributed by atoms with Crippen molar-refractivity contribution < 1.29 is 29.3 Å². The van der Waals surface area contributed by atoms with Crippen molar-refractivity contribution in [2.75, 3.05) is 13.0 Å². The third-order valence-corrected chi connectivity index (χ3v) is 8.85. The van der Waals surface area contributed by atoms with Crippen molar-refractivity contribution in [3.05, 3.63) is 95.1 Å². The van der Waals surface area contributed by atoms with Crippen LogP contribution in [0.25, 0.3) is 0 Å². The van der Waals surface area contributed by atoms with Crippen molar-refractivity contribution in [3.8, 4) is 11.5 Å². The first-order chi connectivity index (χ1) is 20.0. The third-order valence-electron chi connectivity index (χ3n) is 7.48. The van der Waals surface area contributed by atoms with Gasteiger partial charge in [0.1, 0.15) is 17.5 Å². The smallest absolute Gasteiger partial charge is 0.254 e. The summed E-state index contributed by atoms with van der Waals surface area (Å²) in [7, 11) is 1.57. The molecule has 0 spiro atoms. The normalized spacial score (nSPS) is 17.3. The second-order valence-corrected chi connectivity index (χ2v) is 12.4. The Morgan fingerprint density at radius 2 is 1.74 bits per heavy atom. The van der Waals surface area contributed by atoms with Crippen molar-refractivity contribution in [1.29, 1.82) is 0 Å². The van der Waals surface area contributed by atoms with Crippen LogP contribution in [0.5, 0.6) is 11.5 Å². The predicted octanol–water partition coefficient (Wildman–Crippen LogP) is 3.41. The summed E-state index contributed by atoms with van der Waals surface area (Å²) < 4.78 is 4.64. The largest absolute Gasteiger partial charge is 0.508 e. The fourth-order valence-corrected chi connectivity index (χ4v) is 6.19. The number of aliphatic hydroxyl groups excluding tert-OH is 1. The number of methoxy groups -OCH3 is 1. The number of aliphatic hydroxyl groups is 1. The van der Waals surface area contributed by atoms with Gasteiger partial charge in [-0.05, 0) is 62.6 Å². The molecule has 0 unspecified atom stereocenters. The molecular weight excluding hydrogens is 554 g/mol. The molecule has 0 radical (unpaired) electrons. The van der Waals surface area contributed by atoms with Crippen molar-refractivity contribution in [2.45, 2.75) is 56.7 Å². The van der Waals surface area contributed by atoms with Gasteiger partial charge < -0.3 is 30.5 Å². The van der Waals surface area contributed by atoms with Gasteiger partial charge in [-0.3, -0.25) is 14.4 Å². The molecule has 42 heavy (non-hydrogen) atoms. The molecule has 1 heterocycles. The molecule has 4 rings (SSSR count). The average Bonchev–Trinajstić information content (AvgIpc) is 3.31. The molecule has 0 aliphatic carbocycles. The van der Waals surface area contributed by atoms with E-state index in [1.54, 1.807) is 26.2 Å². The molecule has 1 aliphatic rings. The number of carbonyl (C=O) groups excluding carboxylic acids is 3. The van der Waals surface area contributed by atoms with E-state index in [2.05, 4.69) is 10.6 Å². The van der Waals surface area contributed by atoms with Gasteiger partial charge in [-0.1, -0.05) is 48.5 Å². The quantitative estimate of drug-likeness (QED) is 0.285. The molecule has 3 atom stereocenters. The molecule has 9 nitrogen and oxygen atoms in total. The van der Waals surface area contributed by atoms with E-state index in [4.69, 9.17) is 4.74 Å². The number of phenolic OH excluding ortho intramolecular Hbond substituents is 1. The molecule has 4 N–H and O–H groups in total. The van der Waals surface area contributed by atoms with Gasteiger partial charge in [0.2, 0.25) is 5.91 Å². The van der Waals surface area contributed by atoms with Gasteiger partial charge in [0.15, 0.2) is 6.10 Å². The number of rotatable bonds is 10. The number of carbonyl (C=O) groups is 3. The summed E-state index contributed by atoms with van der Waals surface area (Å²) in [6.07, 6.45) is -1.45. The maximum Gasteiger partial charge on any atom is 0.254 e. The van der Waals surface area contributed by atoms with Crippen LogP contribution in [0.15, 0.2) is 72.8 Å². The topological polar surface area (TPSA) is 128 Å². The minimum absolute atomic E-state index is 0.0296. The number of benzene rings is 3. The van der Waals surface area contributed by atoms with E-state index in [1.807, 2.05) is 68.4 Å². The molecular formula is C32H37N3O6S. The zero-order chi connectivity index (χ0) is 30.4. The highest BCUT2D eigenvalue weighted by Gasteiger charge is 2.49. The number of thioether (sulfide) groups is 1. The Balaban J connectivity index is 1.55. The van der Waals surface area contributed by atoms with Gasteiger partial charge in [0.25, 0.3) is 11.8 Å². The van der Waals surface area contributed by atoms with Crippen LogP contribution in [0.4, 0.5) is 0 Å². The van der Waals surface area contributed by atoms with Gasteiger partial charge in [-0.15, -0.1) is 11.8 Å². The average molecular weight is 592 g/mol. The summed E-state index contributed by atoms with van der Waals surface area (Å²) in [5.41, 5.74) is 2.28. The van der Waals surface area contributed by atoms with E-state index >= 15 is 0 Å². The standard InChI is InChI=1S/C32H37N3O6S/c1-20-24(14-9-15-26(20)36)29(38)34-25(17-21-10-6-5-7-11-21)27(37)31(40)35-19-42-32(2,3)28(35)30(39)33-18-22-12-8-13-23(16-22)41-4/h5-16,25,27-28,36-37H,17-19H2,1-4H3,(H,33,39)(H,34,38)/t25-,27-,28+/m0/s1. The Morgan fingerprint density at radius 1 is 1.05 bits per heavy atom. The zero-order valence-electron chi connectivity index (χ0n) is 24.2. The number of hydrogen-bond donors (Lipinski definition) is 4. The summed E-state index contributed by atoms with van der Waals surface area (Å²) in [6, 6.07) is 19.3. The molecule has 1 saturated heterocycles. The molecule has 3 aromatic carbocycles. The van der Waals surface area contributed by atoms with E-state index in [0.29, 0.717) is 11.3 Å². The summed E-state index contributed by atoms with van der Waals surface area (Å²) >= 11 is 1.45. The highest BCUT2D eigenvalue weighted by atomic mass is 32.2. The number of ether oxygens (including phenoxy) is 1. The number of phenols is 1. The molecule has 1 fully saturated rings. The minimum atomic E-state index is -1.63. The summed E-state index contributed by atoms with van der Waals surface area (Å²) in [5.74, 6) is -0.669. The van der Waals surface area contributed by atoms with Crippen LogP contribution in [-0.2, 0) is 22.6 Å². The number of nitrogens with one attached hydrogen (secondary N) is 2. The third kappa shape index (κ3) is 7.06. The Kier molecular flexibility index (Phi) is 9.80. The molecule has 0 aromatic heterocycles. The second kappa shape index (κ2) is 13.3. The lowest BCUT2D eigenvalue weighted by molar-refractivity contribution is -0.147. The lowest BCUT2D eigenvalue weighted by Crippen LogP contribution is -2.58. The van der Waals surface area contributed by atoms with Crippen LogP contribution in [0.2, 0.25) is 0 Å². The Morgan fingerprint density at radius 3 is 2.45 bits per heavy atom. The van der Waals surface area contributed by atoms with E-state index in [0.717, 1.165) is 11.1 Å². The number of aromatic hydroxyl groups is 1. The second-order valence-electron chi connectivity index (χ2n) is 10.8. The van der Waals surface area contributed by atoms with Crippen LogP contribution in [0, 0.1) is 6.92 Å². The first-order valence-electron chi connectivity index (χ1n) is 13.7. The molecule has 1 aliphatic heterocycles. The predicted molar refractivity (Wildman–Crippen MR) is 162 cm³/mol. The molecule has 3 aromatic rings. The highest BCUT2D eigenvalue weighted by Crippen LogP contribution is 2.40. The van der Waals surface area contributed by atoms with Crippen LogP contribution >= 0.6 is 11.8 Å². The molecule has 10 heteroatoms. The lowest BCUT2D eigenvalue weighted by atomic mass is 9.96. The Labute approximate surface area is 250 Å². The van der Waals surface area contributed by atoms with Gasteiger partial charge in [0.05, 0.1) is 19.0 Å². The van der Waals surface area contributed by atoms with Gasteiger partial charge in [-0.2, -0.15) is 0 Å². The molecule has 3 amide bonds. The number of amides is 3. The maximum absolute atomic E-state index is 13.9. The fraction of sp³-hybridized carbons (Fsp3) is 0.344. The van der Waals surface area contributed by atoms with Crippen molar-refractivity contribution in [3.63, 3.8) is 0 Å². The first-order valence-corrected chi connectivity index (χ1v) is 14.7. The van der Waals surface area contributed by atoms with Crippen LogP contribution in [-0.4, -0.2) is 68.8 Å².